The van der Waals surface area contributed by atoms with Gasteiger partial charge in [-0.25, -0.2) is 9.37 Å². The molecule has 2 N–H and O–H groups in total. The minimum absolute atomic E-state index is 0.0134. The van der Waals surface area contributed by atoms with Gasteiger partial charge in [-0.05, 0) is 75.2 Å². The molecule has 7 heteroatoms. The third-order valence-corrected chi connectivity index (χ3v) is 8.35. The van der Waals surface area contributed by atoms with Gasteiger partial charge in [-0.15, -0.1) is 0 Å². The first-order valence-corrected chi connectivity index (χ1v) is 16.0. The lowest BCUT2D eigenvalue weighted by Gasteiger charge is -2.31. The number of phenols is 1. The molecule has 5 aromatic rings. The van der Waals surface area contributed by atoms with Gasteiger partial charge < -0.3 is 19.7 Å². The fourth-order valence-electron chi connectivity index (χ4n) is 5.80. The number of fused-ring (bicyclic) bond motifs is 1. The lowest BCUT2D eigenvalue weighted by molar-refractivity contribution is -0.0276. The van der Waals surface area contributed by atoms with Crippen molar-refractivity contribution in [3.05, 3.63) is 131 Å². The molecule has 6 rings (SSSR count). The topological polar surface area (TPSA) is 73.7 Å². The van der Waals surface area contributed by atoms with Crippen molar-refractivity contribution in [1.82, 2.24) is 14.9 Å². The van der Waals surface area contributed by atoms with E-state index >= 15 is 4.39 Å². The standard InChI is InChI=1S/C39H39FN4O2/c1-44-25-22-30(23-26-44)46-38(39-42-34-17-9-10-18-35(34)43-39)32-27-28(20-21-33(32)40)13-5-2-3-12-24-41-37(29-14-6-4-7-15-29)31-16-8-11-19-36(31)45/h4,6-11,14-21,27,30,38,45H,2-3,12,22-26H2,1H3,(H,42,43). The van der Waals surface area contributed by atoms with E-state index in [1.807, 2.05) is 72.8 Å². The van der Waals surface area contributed by atoms with Crippen molar-refractivity contribution in [2.45, 2.75) is 44.3 Å². The summed E-state index contributed by atoms with van der Waals surface area (Å²) < 4.78 is 22.0. The quantitative estimate of drug-likeness (QED) is 0.0962. The highest BCUT2D eigenvalue weighted by atomic mass is 19.1. The molecule has 1 aliphatic rings. The van der Waals surface area contributed by atoms with Crippen molar-refractivity contribution in [1.29, 1.82) is 0 Å². The lowest BCUT2D eigenvalue weighted by atomic mass is 10.0. The Bertz CT molecular complexity index is 1820. The van der Waals surface area contributed by atoms with Crippen LogP contribution < -0.4 is 0 Å². The van der Waals surface area contributed by atoms with Crippen LogP contribution in [0.1, 0.15) is 66.3 Å². The summed E-state index contributed by atoms with van der Waals surface area (Å²) in [4.78, 5) is 15.3. The van der Waals surface area contributed by atoms with Gasteiger partial charge >= 0.3 is 0 Å². The fraction of sp³-hybridized carbons (Fsp3) is 0.282. The summed E-state index contributed by atoms with van der Waals surface area (Å²) in [6.45, 7) is 2.51. The summed E-state index contributed by atoms with van der Waals surface area (Å²) in [5.74, 6) is 6.98. The molecule has 0 spiro atoms. The number of H-pyrrole nitrogens is 1. The van der Waals surface area contributed by atoms with Gasteiger partial charge in [0.15, 0.2) is 0 Å². The lowest BCUT2D eigenvalue weighted by Crippen LogP contribution is -2.35. The zero-order valence-corrected chi connectivity index (χ0v) is 26.1. The van der Waals surface area contributed by atoms with Gasteiger partial charge in [0.2, 0.25) is 0 Å². The number of hydrogen-bond donors (Lipinski definition) is 2. The van der Waals surface area contributed by atoms with E-state index in [0.29, 0.717) is 24.4 Å². The number of piperidine rings is 1. The molecule has 2 heterocycles. The van der Waals surface area contributed by atoms with Crippen LogP contribution in [-0.2, 0) is 4.74 Å². The molecule has 46 heavy (non-hydrogen) atoms. The number of nitrogens with one attached hydrogen (secondary N) is 1. The third kappa shape index (κ3) is 7.71. The van der Waals surface area contributed by atoms with Crippen molar-refractivity contribution in [2.24, 2.45) is 4.99 Å². The number of para-hydroxylation sites is 3. The van der Waals surface area contributed by atoms with E-state index < -0.39 is 6.10 Å². The molecule has 6 nitrogen and oxygen atoms in total. The van der Waals surface area contributed by atoms with E-state index in [1.165, 1.54) is 6.07 Å². The average molecular weight is 615 g/mol. The highest BCUT2D eigenvalue weighted by Crippen LogP contribution is 2.32. The molecule has 0 aliphatic carbocycles. The van der Waals surface area contributed by atoms with Crippen LogP contribution in [0.3, 0.4) is 0 Å². The van der Waals surface area contributed by atoms with Crippen LogP contribution in [0.2, 0.25) is 0 Å². The first-order chi connectivity index (χ1) is 22.5. The van der Waals surface area contributed by atoms with Gasteiger partial charge in [0.1, 0.15) is 23.5 Å². The zero-order valence-electron chi connectivity index (χ0n) is 26.1. The predicted octanol–water partition coefficient (Wildman–Crippen LogP) is 7.67. The summed E-state index contributed by atoms with van der Waals surface area (Å²) >= 11 is 0. The Morgan fingerprint density at radius 1 is 1.00 bits per heavy atom. The number of nitrogens with zero attached hydrogens (tertiary/aromatic N) is 3. The van der Waals surface area contributed by atoms with Crippen LogP contribution in [0.4, 0.5) is 4.39 Å². The van der Waals surface area contributed by atoms with E-state index in [2.05, 4.69) is 28.8 Å². The highest BCUT2D eigenvalue weighted by Gasteiger charge is 2.28. The second-order valence-electron chi connectivity index (χ2n) is 11.8. The van der Waals surface area contributed by atoms with Crippen molar-refractivity contribution in [3.8, 4) is 17.6 Å². The molecule has 1 fully saturated rings. The molecule has 1 unspecified atom stereocenters. The number of aliphatic imine (C=N–C) groups is 1. The van der Waals surface area contributed by atoms with Gasteiger partial charge in [-0.1, -0.05) is 66.4 Å². The fourth-order valence-corrected chi connectivity index (χ4v) is 5.80. The number of imidazole rings is 1. The Balaban J connectivity index is 1.14. The molecule has 1 aliphatic heterocycles. The number of halogens is 1. The van der Waals surface area contributed by atoms with Crippen molar-refractivity contribution >= 4 is 16.7 Å². The van der Waals surface area contributed by atoms with Crippen LogP contribution >= 0.6 is 0 Å². The number of phenolic OH excluding ortho intramolecular Hbond substituents is 1. The number of aromatic amines is 1. The smallest absolute Gasteiger partial charge is 0.143 e. The number of aromatic nitrogens is 2. The van der Waals surface area contributed by atoms with Crippen LogP contribution in [0.25, 0.3) is 11.0 Å². The Hall–Kier alpha value is -4.77. The van der Waals surface area contributed by atoms with E-state index in [-0.39, 0.29) is 17.7 Å². The maximum absolute atomic E-state index is 15.4. The average Bonchev–Trinajstić information content (AvgIpc) is 3.52. The Morgan fingerprint density at radius 3 is 2.57 bits per heavy atom. The monoisotopic (exact) mass is 614 g/mol. The summed E-state index contributed by atoms with van der Waals surface area (Å²) in [5, 5.41) is 10.4. The van der Waals surface area contributed by atoms with Gasteiger partial charge in [0.05, 0.1) is 22.8 Å². The number of rotatable bonds is 10. The molecule has 0 bridgehead atoms. The van der Waals surface area contributed by atoms with E-state index in [4.69, 9.17) is 14.7 Å². The summed E-state index contributed by atoms with van der Waals surface area (Å²) in [7, 11) is 2.11. The van der Waals surface area contributed by atoms with Crippen LogP contribution in [-0.4, -0.2) is 58.5 Å². The Labute approximate surface area is 270 Å². The van der Waals surface area contributed by atoms with Gasteiger partial charge in [0.25, 0.3) is 0 Å². The molecule has 0 radical (unpaired) electrons. The minimum Gasteiger partial charge on any atom is -0.507 e. The maximum atomic E-state index is 15.4. The summed E-state index contributed by atoms with van der Waals surface area (Å²) in [6, 6.07) is 30.0. The minimum atomic E-state index is -0.664. The van der Waals surface area contributed by atoms with E-state index in [0.717, 1.165) is 72.2 Å². The molecular weight excluding hydrogens is 575 g/mol. The van der Waals surface area contributed by atoms with Crippen molar-refractivity contribution < 1.29 is 14.2 Å². The Kier molecular flexibility index (Phi) is 10.2. The molecule has 234 valence electrons. The third-order valence-electron chi connectivity index (χ3n) is 8.35. The largest absolute Gasteiger partial charge is 0.507 e. The van der Waals surface area contributed by atoms with Gasteiger partial charge in [-0.2, -0.15) is 0 Å². The first-order valence-electron chi connectivity index (χ1n) is 16.0. The number of likely N-dealkylation sites (tertiary alicyclic amines) is 1. The molecule has 0 amide bonds. The molecule has 1 atom stereocenters. The Morgan fingerprint density at radius 2 is 1.76 bits per heavy atom. The zero-order chi connectivity index (χ0) is 31.7. The number of hydrogen-bond acceptors (Lipinski definition) is 5. The SMILES string of the molecule is CN1CCC(OC(c2nc3ccccc3[nH]2)c2cc(C#CCCCCN=C(c3ccccc3)c3ccccc3O)ccc2F)CC1. The van der Waals surface area contributed by atoms with Crippen LogP contribution in [0.15, 0.2) is 102 Å². The second kappa shape index (κ2) is 15.0. The highest BCUT2D eigenvalue weighted by molar-refractivity contribution is 6.14. The maximum Gasteiger partial charge on any atom is 0.143 e. The second-order valence-corrected chi connectivity index (χ2v) is 11.8. The molecular formula is C39H39FN4O2. The number of aromatic hydroxyl groups is 1. The number of unbranched alkanes of at least 4 members (excludes halogenated alkanes) is 2. The molecule has 4 aromatic carbocycles. The van der Waals surface area contributed by atoms with Crippen molar-refractivity contribution in [2.75, 3.05) is 26.7 Å². The molecule has 0 saturated carbocycles. The van der Waals surface area contributed by atoms with Crippen molar-refractivity contribution in [3.63, 3.8) is 0 Å². The summed E-state index contributed by atoms with van der Waals surface area (Å²) in [5.41, 5.74) is 5.38. The van der Waals surface area contributed by atoms with Crippen LogP contribution in [0, 0.1) is 17.7 Å². The summed E-state index contributed by atoms with van der Waals surface area (Å²) in [6.07, 6.45) is 3.54. The number of ether oxygens (including phenoxy) is 1. The van der Waals surface area contributed by atoms with E-state index in [9.17, 15) is 5.11 Å². The van der Waals surface area contributed by atoms with Crippen LogP contribution in [0.5, 0.6) is 5.75 Å². The molecule has 1 aromatic heterocycles. The van der Waals surface area contributed by atoms with Gasteiger partial charge in [-0.3, -0.25) is 4.99 Å². The first kappa shape index (κ1) is 31.2. The number of benzene rings is 4. The normalized spacial score (nSPS) is 15.0. The van der Waals surface area contributed by atoms with Gasteiger partial charge in [0, 0.05) is 48.3 Å². The molecule has 1 saturated heterocycles. The predicted molar refractivity (Wildman–Crippen MR) is 182 cm³/mol. The van der Waals surface area contributed by atoms with E-state index in [1.54, 1.807) is 18.2 Å².